The van der Waals surface area contributed by atoms with Crippen molar-refractivity contribution in [1.82, 2.24) is 9.99 Å². The summed E-state index contributed by atoms with van der Waals surface area (Å²) in [6, 6.07) is 8.15. The molecule has 2 N–H and O–H groups in total. The maximum atomic E-state index is 13.1. The highest BCUT2D eigenvalue weighted by Gasteiger charge is 2.53. The molecule has 2 rings (SSSR count). The highest BCUT2D eigenvalue weighted by atomic mass is 32.2. The zero-order valence-corrected chi connectivity index (χ0v) is 16.6. The van der Waals surface area contributed by atoms with E-state index in [1.165, 1.54) is 23.5 Å². The summed E-state index contributed by atoms with van der Waals surface area (Å²) in [5.41, 5.74) is 0.821. The number of carboxylic acids is 1. The molecule has 0 aromatic heterocycles. The summed E-state index contributed by atoms with van der Waals surface area (Å²) in [4.78, 5) is 23.5. The van der Waals surface area contributed by atoms with E-state index >= 15 is 0 Å². The van der Waals surface area contributed by atoms with E-state index in [1.54, 1.807) is 13.8 Å². The van der Waals surface area contributed by atoms with Gasteiger partial charge in [-0.25, -0.2) is 9.46 Å². The number of nitrogens with one attached hydrogen (secondary N) is 1. The Labute approximate surface area is 156 Å². The third-order valence-electron chi connectivity index (χ3n) is 4.07. The fraction of sp³-hybridized carbons (Fsp3) is 0.500. The summed E-state index contributed by atoms with van der Waals surface area (Å²) in [5.74, 6) is -0.848. The number of hydrogen-bond donors (Lipinski definition) is 2. The van der Waals surface area contributed by atoms with Crippen LogP contribution in [0.5, 0.6) is 0 Å². The molecule has 1 aromatic rings. The van der Waals surface area contributed by atoms with Crippen molar-refractivity contribution in [2.24, 2.45) is 0 Å². The molecule has 144 valence electrons. The van der Waals surface area contributed by atoms with Gasteiger partial charge in [0.2, 0.25) is 0 Å². The van der Waals surface area contributed by atoms with Gasteiger partial charge in [-0.2, -0.15) is 0 Å². The third-order valence-corrected chi connectivity index (χ3v) is 7.92. The zero-order chi connectivity index (χ0) is 19.4. The molecule has 1 aromatic carbocycles. The van der Waals surface area contributed by atoms with Crippen LogP contribution in [0.2, 0.25) is 0 Å². The van der Waals surface area contributed by atoms with Gasteiger partial charge >= 0.3 is 12.1 Å². The Kier molecular flexibility index (Phi) is 6.74. The average Bonchev–Trinajstić information content (AvgIpc) is 2.94. The molecule has 1 aliphatic heterocycles. The van der Waals surface area contributed by atoms with Crippen molar-refractivity contribution in [3.8, 4) is 0 Å². The van der Waals surface area contributed by atoms with Crippen LogP contribution in [0.1, 0.15) is 19.4 Å². The van der Waals surface area contributed by atoms with E-state index < -0.39 is 30.4 Å². The second kappa shape index (κ2) is 8.43. The maximum absolute atomic E-state index is 13.1. The lowest BCUT2D eigenvalue weighted by molar-refractivity contribution is -0.141. The molecule has 1 heterocycles. The fourth-order valence-corrected chi connectivity index (χ4v) is 6.18. The van der Waals surface area contributed by atoms with Crippen molar-refractivity contribution < 1.29 is 28.5 Å². The Hall–Kier alpha value is -1.54. The molecular formula is C16H23N2O6PS. The Morgan fingerprint density at radius 2 is 2.04 bits per heavy atom. The van der Waals surface area contributed by atoms with E-state index in [-0.39, 0.29) is 18.8 Å². The molecule has 0 radical (unpaired) electrons. The lowest BCUT2D eigenvalue weighted by Crippen LogP contribution is -2.46. The van der Waals surface area contributed by atoms with Gasteiger partial charge in [-0.1, -0.05) is 30.3 Å². The monoisotopic (exact) mass is 402 g/mol. The third kappa shape index (κ3) is 4.79. The van der Waals surface area contributed by atoms with Crippen molar-refractivity contribution in [2.75, 3.05) is 19.3 Å². The summed E-state index contributed by atoms with van der Waals surface area (Å²) in [6.45, 7) is 3.63. The molecule has 0 aliphatic carbocycles. The van der Waals surface area contributed by atoms with Crippen molar-refractivity contribution >= 4 is 31.3 Å². The number of carbonyl (C=O) groups is 2. The van der Waals surface area contributed by atoms with Crippen LogP contribution in [-0.4, -0.2) is 51.9 Å². The minimum Gasteiger partial charge on any atom is -0.480 e. The molecule has 26 heavy (non-hydrogen) atoms. The van der Waals surface area contributed by atoms with E-state index in [4.69, 9.17) is 9.26 Å². The topological polar surface area (TPSA) is 105 Å². The average molecular weight is 402 g/mol. The minimum absolute atomic E-state index is 0.0777. The first kappa shape index (κ1) is 20.8. The van der Waals surface area contributed by atoms with Crippen LogP contribution in [0, 0.1) is 0 Å². The minimum atomic E-state index is -3.57. The van der Waals surface area contributed by atoms with Crippen LogP contribution in [0.3, 0.4) is 0 Å². The summed E-state index contributed by atoms with van der Waals surface area (Å²) in [7, 11) is -2.32. The molecule has 1 fully saturated rings. The first-order valence-electron chi connectivity index (χ1n) is 7.93. The van der Waals surface area contributed by atoms with E-state index in [1.807, 2.05) is 30.3 Å². The van der Waals surface area contributed by atoms with Crippen molar-refractivity contribution in [2.45, 2.75) is 31.2 Å². The van der Waals surface area contributed by atoms with Gasteiger partial charge < -0.3 is 19.7 Å². The highest BCUT2D eigenvalue weighted by molar-refractivity contribution is 8.01. The van der Waals surface area contributed by atoms with Crippen LogP contribution in [-0.2, 0) is 25.2 Å². The van der Waals surface area contributed by atoms with Gasteiger partial charge in [0.15, 0.2) is 0 Å². The van der Waals surface area contributed by atoms with E-state index in [2.05, 4.69) is 5.32 Å². The number of hydrogen-bond acceptors (Lipinski definition) is 6. The second-order valence-corrected chi connectivity index (χ2v) is 10.3. The molecule has 8 nitrogen and oxygen atoms in total. The number of ether oxygens (including phenoxy) is 1. The van der Waals surface area contributed by atoms with Gasteiger partial charge in [-0.3, -0.25) is 9.36 Å². The lowest BCUT2D eigenvalue weighted by atomic mass is 10.0. The molecule has 10 heteroatoms. The van der Waals surface area contributed by atoms with Gasteiger partial charge in [0.05, 0.1) is 5.88 Å². The normalized spacial score (nSPS) is 21.7. The lowest BCUT2D eigenvalue weighted by Gasteiger charge is -2.32. The summed E-state index contributed by atoms with van der Waals surface area (Å²) in [6.07, 6.45) is -1.08. The van der Waals surface area contributed by atoms with Crippen LogP contribution in [0.4, 0.5) is 4.79 Å². The van der Waals surface area contributed by atoms with Crippen LogP contribution in [0.15, 0.2) is 30.3 Å². The molecule has 0 bridgehead atoms. The largest absolute Gasteiger partial charge is 0.480 e. The Morgan fingerprint density at radius 1 is 1.38 bits per heavy atom. The molecule has 1 aliphatic rings. The Morgan fingerprint density at radius 3 is 2.62 bits per heavy atom. The predicted molar refractivity (Wildman–Crippen MR) is 99.0 cm³/mol. The van der Waals surface area contributed by atoms with Gasteiger partial charge in [-0.15, -0.1) is 11.8 Å². The number of benzene rings is 1. The first-order valence-corrected chi connectivity index (χ1v) is 10.7. The second-order valence-electron chi connectivity index (χ2n) is 6.27. The first-order chi connectivity index (χ1) is 12.2. The van der Waals surface area contributed by atoms with Gasteiger partial charge in [0, 0.05) is 11.9 Å². The van der Waals surface area contributed by atoms with Crippen LogP contribution < -0.4 is 5.32 Å². The smallest absolute Gasteiger partial charge is 0.407 e. The number of alkyl carbamates (subject to hydrolysis) is 1. The SMILES string of the molecule is COP(=O)(CNC(=O)OCc1ccccc1)N1CSC(C)(C)[C@@H]1C(=O)O. The van der Waals surface area contributed by atoms with Crippen molar-refractivity contribution in [3.05, 3.63) is 35.9 Å². The maximum Gasteiger partial charge on any atom is 0.407 e. The van der Waals surface area contributed by atoms with Gasteiger partial charge in [-0.05, 0) is 19.4 Å². The summed E-state index contributed by atoms with van der Waals surface area (Å²) in [5, 5.41) is 11.9. The van der Waals surface area contributed by atoms with Gasteiger partial charge in [0.1, 0.15) is 18.9 Å². The Bertz CT molecular complexity index is 699. The predicted octanol–water partition coefficient (Wildman–Crippen LogP) is 2.95. The molecule has 0 spiro atoms. The van der Waals surface area contributed by atoms with Gasteiger partial charge in [0.25, 0.3) is 7.52 Å². The number of aliphatic carboxylic acids is 1. The summed E-state index contributed by atoms with van der Waals surface area (Å²) >= 11 is 1.38. The molecule has 2 atom stereocenters. The molecule has 0 saturated carbocycles. The Balaban J connectivity index is 1.98. The number of nitrogens with zero attached hydrogens (tertiary/aromatic N) is 1. The standard InChI is InChI=1S/C16H23N2O6PS/c1-16(2)13(14(19)20)18(11-26-16)25(22,23-3)10-17-15(21)24-9-12-7-5-4-6-8-12/h4-8,13H,9-11H2,1-3H3,(H,17,21)(H,19,20)/t13-,25?/m0/s1. The number of carbonyl (C=O) groups excluding carboxylic acids is 1. The van der Waals surface area contributed by atoms with Crippen molar-refractivity contribution in [3.63, 3.8) is 0 Å². The van der Waals surface area contributed by atoms with Crippen LogP contribution >= 0.6 is 19.3 Å². The molecule has 1 unspecified atom stereocenters. The number of amides is 1. The number of rotatable bonds is 7. The highest BCUT2D eigenvalue weighted by Crippen LogP contribution is 2.57. The summed E-state index contributed by atoms with van der Waals surface area (Å²) < 4.78 is 24.0. The number of carboxylic acid groups (broad SMARTS) is 1. The zero-order valence-electron chi connectivity index (χ0n) is 14.9. The van der Waals surface area contributed by atoms with E-state index in [0.29, 0.717) is 0 Å². The van der Waals surface area contributed by atoms with E-state index in [0.717, 1.165) is 5.56 Å². The quantitative estimate of drug-likeness (QED) is 0.671. The van der Waals surface area contributed by atoms with E-state index in [9.17, 15) is 19.3 Å². The fourth-order valence-electron chi connectivity index (χ4n) is 2.63. The van der Waals surface area contributed by atoms with Crippen molar-refractivity contribution in [1.29, 1.82) is 0 Å². The molecule has 1 saturated heterocycles. The molecule has 1 amide bonds. The van der Waals surface area contributed by atoms with Crippen LogP contribution in [0.25, 0.3) is 0 Å². The number of thioether (sulfide) groups is 1. The molecular weight excluding hydrogens is 379 g/mol.